The van der Waals surface area contributed by atoms with Gasteiger partial charge in [-0.05, 0) is 12.0 Å². The van der Waals surface area contributed by atoms with Crippen molar-refractivity contribution in [2.24, 2.45) is 17.1 Å². The van der Waals surface area contributed by atoms with E-state index in [0.29, 0.717) is 12.5 Å². The molecule has 82 valence electrons. The minimum absolute atomic E-state index is 0.106. The maximum atomic E-state index is 11.5. The molecule has 0 bridgehead atoms. The first-order valence-electron chi connectivity index (χ1n) is 5.05. The predicted molar refractivity (Wildman–Crippen MR) is 57.0 cm³/mol. The Morgan fingerprint density at radius 1 is 1.50 bits per heavy atom. The second-order valence-corrected chi connectivity index (χ2v) is 4.97. The van der Waals surface area contributed by atoms with Crippen LogP contribution in [0, 0.1) is 11.3 Å². The van der Waals surface area contributed by atoms with Crippen LogP contribution in [-0.4, -0.2) is 49.6 Å². The molecule has 0 saturated carbocycles. The van der Waals surface area contributed by atoms with Crippen LogP contribution in [0.3, 0.4) is 0 Å². The van der Waals surface area contributed by atoms with Crippen LogP contribution in [0.1, 0.15) is 13.8 Å². The number of amides is 2. The van der Waals surface area contributed by atoms with Gasteiger partial charge in [0.15, 0.2) is 0 Å². The Bertz CT molecular complexity index is 219. The monoisotopic (exact) mass is 199 g/mol. The fourth-order valence-corrected chi connectivity index (χ4v) is 1.58. The molecular formula is C10H21N3O. The summed E-state index contributed by atoms with van der Waals surface area (Å²) < 4.78 is 0. The van der Waals surface area contributed by atoms with E-state index in [0.717, 1.165) is 13.1 Å². The van der Waals surface area contributed by atoms with E-state index in [-0.39, 0.29) is 11.4 Å². The molecule has 0 aliphatic carbocycles. The standard InChI is InChI=1S/C10H21N3O/c1-10(2,7-11)8-5-13(6-8)9(14)12(3)4/h8H,5-7,11H2,1-4H3. The summed E-state index contributed by atoms with van der Waals surface area (Å²) in [7, 11) is 3.56. The van der Waals surface area contributed by atoms with Crippen LogP contribution in [0.5, 0.6) is 0 Å². The van der Waals surface area contributed by atoms with Crippen molar-refractivity contribution in [3.63, 3.8) is 0 Å². The molecule has 2 amide bonds. The number of likely N-dealkylation sites (tertiary alicyclic amines) is 1. The van der Waals surface area contributed by atoms with Crippen molar-refractivity contribution < 1.29 is 4.79 Å². The van der Waals surface area contributed by atoms with Crippen LogP contribution in [0.4, 0.5) is 4.79 Å². The highest BCUT2D eigenvalue weighted by Crippen LogP contribution is 2.33. The summed E-state index contributed by atoms with van der Waals surface area (Å²) in [6.07, 6.45) is 0. The zero-order valence-electron chi connectivity index (χ0n) is 9.58. The Hall–Kier alpha value is -0.770. The number of urea groups is 1. The number of carbonyl (C=O) groups is 1. The molecule has 1 aliphatic heterocycles. The molecule has 0 aromatic rings. The minimum atomic E-state index is 0.106. The maximum Gasteiger partial charge on any atom is 0.319 e. The second-order valence-electron chi connectivity index (χ2n) is 4.97. The van der Waals surface area contributed by atoms with Gasteiger partial charge in [0.1, 0.15) is 0 Å². The average molecular weight is 199 g/mol. The lowest BCUT2D eigenvalue weighted by Crippen LogP contribution is -2.58. The molecule has 1 heterocycles. The molecule has 2 N–H and O–H groups in total. The van der Waals surface area contributed by atoms with Gasteiger partial charge in [-0.25, -0.2) is 4.79 Å². The molecule has 1 saturated heterocycles. The van der Waals surface area contributed by atoms with E-state index in [1.165, 1.54) is 0 Å². The third kappa shape index (κ3) is 2.00. The Labute approximate surface area is 86.0 Å². The van der Waals surface area contributed by atoms with Crippen molar-refractivity contribution in [1.82, 2.24) is 9.80 Å². The van der Waals surface area contributed by atoms with Gasteiger partial charge in [-0.1, -0.05) is 13.8 Å². The van der Waals surface area contributed by atoms with E-state index in [1.54, 1.807) is 19.0 Å². The minimum Gasteiger partial charge on any atom is -0.331 e. The fraction of sp³-hybridized carbons (Fsp3) is 0.900. The van der Waals surface area contributed by atoms with Gasteiger partial charge in [0, 0.05) is 33.1 Å². The molecule has 1 fully saturated rings. The highest BCUT2D eigenvalue weighted by Gasteiger charge is 2.40. The van der Waals surface area contributed by atoms with Crippen molar-refractivity contribution >= 4 is 6.03 Å². The van der Waals surface area contributed by atoms with E-state index in [1.807, 2.05) is 4.90 Å². The third-order valence-corrected chi connectivity index (χ3v) is 3.17. The van der Waals surface area contributed by atoms with Crippen molar-refractivity contribution in [3.05, 3.63) is 0 Å². The van der Waals surface area contributed by atoms with Gasteiger partial charge in [0.25, 0.3) is 0 Å². The van der Waals surface area contributed by atoms with Crippen LogP contribution in [0.2, 0.25) is 0 Å². The third-order valence-electron chi connectivity index (χ3n) is 3.17. The summed E-state index contributed by atoms with van der Waals surface area (Å²) in [6, 6.07) is 0.106. The van der Waals surface area contributed by atoms with Crippen molar-refractivity contribution in [2.75, 3.05) is 33.7 Å². The number of nitrogens with two attached hydrogens (primary N) is 1. The number of rotatable bonds is 2. The quantitative estimate of drug-likeness (QED) is 0.707. The second kappa shape index (κ2) is 3.77. The molecule has 0 unspecified atom stereocenters. The van der Waals surface area contributed by atoms with Gasteiger partial charge in [0.2, 0.25) is 0 Å². The smallest absolute Gasteiger partial charge is 0.319 e. The SMILES string of the molecule is CN(C)C(=O)N1CC(C(C)(C)CN)C1. The van der Waals surface area contributed by atoms with Gasteiger partial charge in [-0.15, -0.1) is 0 Å². The Kier molecular flexibility index (Phi) is 3.04. The molecule has 0 radical (unpaired) electrons. The normalized spacial score (nSPS) is 17.9. The maximum absolute atomic E-state index is 11.5. The van der Waals surface area contributed by atoms with Crippen molar-refractivity contribution in [2.45, 2.75) is 13.8 Å². The topological polar surface area (TPSA) is 49.6 Å². The zero-order valence-corrected chi connectivity index (χ0v) is 9.58. The molecule has 0 spiro atoms. The predicted octanol–water partition coefficient (Wildman–Crippen LogP) is 0.585. The molecule has 1 aliphatic rings. The lowest BCUT2D eigenvalue weighted by atomic mass is 9.74. The number of hydrogen-bond acceptors (Lipinski definition) is 2. The summed E-state index contributed by atoms with van der Waals surface area (Å²) in [6.45, 7) is 6.70. The first-order valence-corrected chi connectivity index (χ1v) is 5.05. The summed E-state index contributed by atoms with van der Waals surface area (Å²) in [5.74, 6) is 0.552. The Morgan fingerprint density at radius 3 is 2.36 bits per heavy atom. The van der Waals surface area contributed by atoms with Crippen molar-refractivity contribution in [3.8, 4) is 0 Å². The van der Waals surface area contributed by atoms with Gasteiger partial charge >= 0.3 is 6.03 Å². The van der Waals surface area contributed by atoms with Crippen LogP contribution < -0.4 is 5.73 Å². The van der Waals surface area contributed by atoms with Crippen LogP contribution in [0.25, 0.3) is 0 Å². The van der Waals surface area contributed by atoms with Gasteiger partial charge in [-0.3, -0.25) is 0 Å². The zero-order chi connectivity index (χ0) is 10.9. The van der Waals surface area contributed by atoms with Crippen LogP contribution >= 0.6 is 0 Å². The summed E-state index contributed by atoms with van der Waals surface area (Å²) in [4.78, 5) is 15.0. The summed E-state index contributed by atoms with van der Waals surface area (Å²) in [5, 5.41) is 0. The Morgan fingerprint density at radius 2 is 2.00 bits per heavy atom. The number of carbonyl (C=O) groups excluding carboxylic acids is 1. The van der Waals surface area contributed by atoms with Gasteiger partial charge < -0.3 is 15.5 Å². The van der Waals surface area contributed by atoms with E-state index >= 15 is 0 Å². The van der Waals surface area contributed by atoms with E-state index < -0.39 is 0 Å². The first-order chi connectivity index (χ1) is 6.38. The molecule has 1 rings (SSSR count). The molecular weight excluding hydrogens is 178 g/mol. The molecule has 4 nitrogen and oxygen atoms in total. The Balaban J connectivity index is 2.41. The summed E-state index contributed by atoms with van der Waals surface area (Å²) in [5.41, 5.74) is 5.84. The summed E-state index contributed by atoms with van der Waals surface area (Å²) >= 11 is 0. The van der Waals surface area contributed by atoms with Crippen LogP contribution in [0.15, 0.2) is 0 Å². The highest BCUT2D eigenvalue weighted by atomic mass is 16.2. The average Bonchev–Trinajstić information content (AvgIpc) is 2.00. The lowest BCUT2D eigenvalue weighted by molar-refractivity contribution is 0.0368. The molecule has 4 heteroatoms. The number of hydrogen-bond donors (Lipinski definition) is 1. The van der Waals surface area contributed by atoms with Gasteiger partial charge in [-0.2, -0.15) is 0 Å². The number of nitrogens with zero attached hydrogens (tertiary/aromatic N) is 2. The molecule has 14 heavy (non-hydrogen) atoms. The molecule has 0 atom stereocenters. The van der Waals surface area contributed by atoms with E-state index in [2.05, 4.69) is 13.8 Å². The first kappa shape index (κ1) is 11.3. The van der Waals surface area contributed by atoms with E-state index in [4.69, 9.17) is 5.73 Å². The van der Waals surface area contributed by atoms with Gasteiger partial charge in [0.05, 0.1) is 0 Å². The van der Waals surface area contributed by atoms with E-state index in [9.17, 15) is 4.79 Å². The van der Waals surface area contributed by atoms with Crippen LogP contribution in [-0.2, 0) is 0 Å². The van der Waals surface area contributed by atoms with Crippen molar-refractivity contribution in [1.29, 1.82) is 0 Å². The lowest BCUT2D eigenvalue weighted by Gasteiger charge is -2.47. The fourth-order valence-electron chi connectivity index (χ4n) is 1.58. The largest absolute Gasteiger partial charge is 0.331 e. The molecule has 0 aromatic heterocycles. The highest BCUT2D eigenvalue weighted by molar-refractivity contribution is 5.74. The molecule has 0 aromatic carbocycles.